The minimum absolute atomic E-state index is 0.551. The van der Waals surface area contributed by atoms with E-state index in [0.29, 0.717) is 0 Å². The molecule has 1 atom stereocenters. The second-order valence-corrected chi connectivity index (χ2v) is 3.30. The van der Waals surface area contributed by atoms with Crippen LogP contribution in [0.2, 0.25) is 0 Å². The van der Waals surface area contributed by atoms with Crippen molar-refractivity contribution in [1.82, 2.24) is 15.3 Å². The first-order valence-electron chi connectivity index (χ1n) is 4.65. The van der Waals surface area contributed by atoms with Crippen LogP contribution in [0.5, 0.6) is 0 Å². The fraction of sp³-hybridized carbons (Fsp3) is 0.333. The third kappa shape index (κ3) is 3.40. The minimum atomic E-state index is -4.77. The summed E-state index contributed by atoms with van der Waals surface area (Å²) in [6.45, 7) is 1.17. The van der Waals surface area contributed by atoms with Crippen LogP contribution in [0.15, 0.2) is 12.3 Å². The van der Waals surface area contributed by atoms with Crippen LogP contribution in [0.4, 0.5) is 13.2 Å². The van der Waals surface area contributed by atoms with Gasteiger partial charge in [0, 0.05) is 6.20 Å². The molecule has 98 valence electrons. The minimum Gasteiger partial charge on any atom is -0.480 e. The quantitative estimate of drug-likeness (QED) is 0.837. The lowest BCUT2D eigenvalue weighted by molar-refractivity contribution is -0.145. The molecule has 1 aromatic heterocycles. The fourth-order valence-corrected chi connectivity index (χ4v) is 0.954. The zero-order valence-corrected chi connectivity index (χ0v) is 9.02. The molecule has 0 aliphatic rings. The van der Waals surface area contributed by atoms with Gasteiger partial charge in [0.2, 0.25) is 5.82 Å². The van der Waals surface area contributed by atoms with Crippen molar-refractivity contribution in [3.05, 3.63) is 23.8 Å². The molecule has 0 fully saturated rings. The lowest BCUT2D eigenvalue weighted by Gasteiger charge is -2.09. The van der Waals surface area contributed by atoms with Gasteiger partial charge in [-0.2, -0.15) is 13.2 Å². The molecule has 0 radical (unpaired) electrons. The number of nitrogens with zero attached hydrogens (tertiary/aromatic N) is 2. The first kappa shape index (κ1) is 13.9. The Labute approximate surface area is 98.9 Å². The predicted octanol–water partition coefficient (Wildman–Crippen LogP) is 0.698. The highest BCUT2D eigenvalue weighted by Gasteiger charge is 2.35. The van der Waals surface area contributed by atoms with Crippen LogP contribution >= 0.6 is 0 Å². The Morgan fingerprint density at radius 1 is 1.44 bits per heavy atom. The number of hydrogen-bond donors (Lipinski definition) is 2. The molecule has 1 heterocycles. The Morgan fingerprint density at radius 3 is 2.56 bits per heavy atom. The molecule has 0 saturated heterocycles. The number of carbonyl (C=O) groups excluding carboxylic acids is 1. The molecular formula is C9H8F3N3O3. The van der Waals surface area contributed by atoms with Crippen molar-refractivity contribution < 1.29 is 27.9 Å². The van der Waals surface area contributed by atoms with Gasteiger partial charge < -0.3 is 10.4 Å². The second kappa shape index (κ2) is 4.98. The van der Waals surface area contributed by atoms with E-state index in [-0.39, 0.29) is 0 Å². The molecule has 0 unspecified atom stereocenters. The zero-order chi connectivity index (χ0) is 13.9. The number of nitrogens with one attached hydrogen (secondary N) is 1. The highest BCUT2D eigenvalue weighted by Crippen LogP contribution is 2.25. The molecule has 2 N–H and O–H groups in total. The third-order valence-corrected chi connectivity index (χ3v) is 1.86. The molecule has 0 aliphatic carbocycles. The number of hydrogen-bond acceptors (Lipinski definition) is 4. The Balaban J connectivity index is 2.91. The molecule has 9 heteroatoms. The standard InChI is InChI=1S/C9H8F3N3O3/c1-4(7(17)18)14-6(16)5-2-3-13-8(15-5)9(10,11)12/h2-4H,1H3,(H,14,16)(H,17,18)/t4-/m0/s1. The van der Waals surface area contributed by atoms with Crippen molar-refractivity contribution >= 4 is 11.9 Å². The van der Waals surface area contributed by atoms with Crippen LogP contribution in [0.1, 0.15) is 23.2 Å². The van der Waals surface area contributed by atoms with E-state index in [1.54, 1.807) is 0 Å². The van der Waals surface area contributed by atoms with Crippen molar-refractivity contribution in [1.29, 1.82) is 0 Å². The molecule has 0 saturated carbocycles. The molecule has 1 aromatic rings. The summed E-state index contributed by atoms with van der Waals surface area (Å²) >= 11 is 0. The molecule has 6 nitrogen and oxygen atoms in total. The van der Waals surface area contributed by atoms with Gasteiger partial charge >= 0.3 is 12.1 Å². The van der Waals surface area contributed by atoms with Gasteiger partial charge in [-0.15, -0.1) is 0 Å². The summed E-state index contributed by atoms with van der Waals surface area (Å²) in [4.78, 5) is 27.9. The Kier molecular flexibility index (Phi) is 3.84. The molecule has 1 amide bonds. The highest BCUT2D eigenvalue weighted by atomic mass is 19.4. The average Bonchev–Trinajstić information content (AvgIpc) is 2.27. The lowest BCUT2D eigenvalue weighted by atomic mass is 10.3. The summed E-state index contributed by atoms with van der Waals surface area (Å²) in [5.41, 5.74) is -0.551. The summed E-state index contributed by atoms with van der Waals surface area (Å²) in [6, 6.07) is -0.277. The van der Waals surface area contributed by atoms with Crippen molar-refractivity contribution in [2.24, 2.45) is 0 Å². The number of rotatable bonds is 3. The average molecular weight is 263 g/mol. The fourth-order valence-electron chi connectivity index (χ4n) is 0.954. The third-order valence-electron chi connectivity index (χ3n) is 1.86. The van der Waals surface area contributed by atoms with Gasteiger partial charge in [-0.05, 0) is 13.0 Å². The lowest BCUT2D eigenvalue weighted by Crippen LogP contribution is -2.38. The van der Waals surface area contributed by atoms with Gasteiger partial charge in [0.15, 0.2) is 0 Å². The van der Waals surface area contributed by atoms with E-state index in [0.717, 1.165) is 12.3 Å². The number of aromatic nitrogens is 2. The van der Waals surface area contributed by atoms with E-state index >= 15 is 0 Å². The SMILES string of the molecule is C[C@H](NC(=O)c1ccnc(C(F)(F)F)n1)C(=O)O. The molecule has 0 spiro atoms. The number of carboxylic acid groups (broad SMARTS) is 1. The van der Waals surface area contributed by atoms with Crippen LogP contribution in [0, 0.1) is 0 Å². The second-order valence-electron chi connectivity index (χ2n) is 3.30. The zero-order valence-electron chi connectivity index (χ0n) is 9.02. The summed E-state index contributed by atoms with van der Waals surface area (Å²) in [5.74, 6) is -3.79. The Bertz CT molecular complexity index is 476. The molecule has 0 aromatic carbocycles. The first-order valence-corrected chi connectivity index (χ1v) is 4.65. The van der Waals surface area contributed by atoms with Crippen LogP contribution < -0.4 is 5.32 Å². The van der Waals surface area contributed by atoms with E-state index in [1.165, 1.54) is 6.92 Å². The smallest absolute Gasteiger partial charge is 0.451 e. The summed E-state index contributed by atoms with van der Waals surface area (Å²) in [5, 5.41) is 10.5. The van der Waals surface area contributed by atoms with Crippen LogP contribution in [0.3, 0.4) is 0 Å². The highest BCUT2D eigenvalue weighted by molar-refractivity contribution is 5.94. The van der Waals surface area contributed by atoms with E-state index in [4.69, 9.17) is 5.11 Å². The van der Waals surface area contributed by atoms with Crippen LogP contribution in [-0.2, 0) is 11.0 Å². The van der Waals surface area contributed by atoms with Gasteiger partial charge in [-0.25, -0.2) is 9.97 Å². The van der Waals surface area contributed by atoms with E-state index < -0.39 is 35.6 Å². The maximum atomic E-state index is 12.3. The summed E-state index contributed by atoms with van der Waals surface area (Å²) in [6.07, 6.45) is -4.00. The van der Waals surface area contributed by atoms with Gasteiger partial charge in [0.25, 0.3) is 5.91 Å². The number of amides is 1. The van der Waals surface area contributed by atoms with Crippen molar-refractivity contribution in [3.63, 3.8) is 0 Å². The van der Waals surface area contributed by atoms with Crippen LogP contribution in [-0.4, -0.2) is 33.0 Å². The van der Waals surface area contributed by atoms with E-state index in [1.807, 2.05) is 5.32 Å². The molecule has 0 bridgehead atoms. The van der Waals surface area contributed by atoms with Crippen molar-refractivity contribution in [2.45, 2.75) is 19.1 Å². The largest absolute Gasteiger partial charge is 0.480 e. The number of aliphatic carboxylic acids is 1. The van der Waals surface area contributed by atoms with E-state index in [2.05, 4.69) is 9.97 Å². The number of halogens is 3. The number of carboxylic acids is 1. The monoisotopic (exact) mass is 263 g/mol. The first-order chi connectivity index (χ1) is 8.21. The topological polar surface area (TPSA) is 92.2 Å². The Morgan fingerprint density at radius 2 is 2.06 bits per heavy atom. The van der Waals surface area contributed by atoms with E-state index in [9.17, 15) is 22.8 Å². The predicted molar refractivity (Wildman–Crippen MR) is 51.6 cm³/mol. The van der Waals surface area contributed by atoms with Gasteiger partial charge in [0.1, 0.15) is 11.7 Å². The molecule has 18 heavy (non-hydrogen) atoms. The maximum Gasteiger partial charge on any atom is 0.451 e. The molecule has 0 aliphatic heterocycles. The van der Waals surface area contributed by atoms with Gasteiger partial charge in [-0.1, -0.05) is 0 Å². The van der Waals surface area contributed by atoms with Crippen molar-refractivity contribution in [2.75, 3.05) is 0 Å². The Hall–Kier alpha value is -2.19. The summed E-state index contributed by atoms with van der Waals surface area (Å²) in [7, 11) is 0. The van der Waals surface area contributed by atoms with Gasteiger partial charge in [0.05, 0.1) is 0 Å². The van der Waals surface area contributed by atoms with Gasteiger partial charge in [-0.3, -0.25) is 9.59 Å². The number of carbonyl (C=O) groups is 2. The van der Waals surface area contributed by atoms with Crippen molar-refractivity contribution in [3.8, 4) is 0 Å². The summed E-state index contributed by atoms with van der Waals surface area (Å²) < 4.78 is 36.8. The maximum absolute atomic E-state index is 12.3. The van der Waals surface area contributed by atoms with Crippen LogP contribution in [0.25, 0.3) is 0 Å². The normalized spacial score (nSPS) is 12.9. The molecule has 1 rings (SSSR count). The number of alkyl halides is 3. The molecular weight excluding hydrogens is 255 g/mol.